The van der Waals surface area contributed by atoms with Gasteiger partial charge in [0.1, 0.15) is 0 Å². The lowest BCUT2D eigenvalue weighted by atomic mass is 9.72. The summed E-state index contributed by atoms with van der Waals surface area (Å²) in [5, 5.41) is 8.24. The van der Waals surface area contributed by atoms with Crippen LogP contribution in [0.25, 0.3) is 0 Å². The van der Waals surface area contributed by atoms with Crippen LogP contribution in [0.2, 0.25) is 0 Å². The van der Waals surface area contributed by atoms with Crippen molar-refractivity contribution in [1.82, 2.24) is 15.1 Å². The van der Waals surface area contributed by atoms with Gasteiger partial charge < -0.3 is 5.32 Å². The highest BCUT2D eigenvalue weighted by Crippen LogP contribution is 2.38. The number of aromatic nitrogens is 2. The van der Waals surface area contributed by atoms with Crippen molar-refractivity contribution in [2.24, 2.45) is 0 Å². The number of likely N-dealkylation sites (N-methyl/N-ethyl adjacent to an activating group) is 1. The number of hydrogen-bond acceptors (Lipinski definition) is 2. The fourth-order valence-electron chi connectivity index (χ4n) is 3.25. The minimum Gasteiger partial charge on any atom is -0.316 e. The topological polar surface area (TPSA) is 29.9 Å². The third-order valence-electron chi connectivity index (χ3n) is 4.89. The summed E-state index contributed by atoms with van der Waals surface area (Å²) < 4.78 is 2.09. The number of nitrogens with zero attached hydrogens (tertiary/aromatic N) is 2. The van der Waals surface area contributed by atoms with E-state index in [2.05, 4.69) is 67.4 Å². The lowest BCUT2D eigenvalue weighted by Crippen LogP contribution is -2.39. The lowest BCUT2D eigenvalue weighted by molar-refractivity contribution is 0.413. The third kappa shape index (κ3) is 2.75. The minimum absolute atomic E-state index is 0.472. The number of fused-ring (bicyclic) bond motifs is 1. The third-order valence-corrected chi connectivity index (χ3v) is 4.89. The smallest absolute Gasteiger partial charge is 0.0640 e. The second-order valence-corrected chi connectivity index (χ2v) is 6.15. The van der Waals surface area contributed by atoms with E-state index < -0.39 is 0 Å². The van der Waals surface area contributed by atoms with Crippen LogP contribution in [0.15, 0.2) is 36.5 Å². The van der Waals surface area contributed by atoms with E-state index in [0.29, 0.717) is 18.0 Å². The molecule has 2 aromatic rings. The van der Waals surface area contributed by atoms with Gasteiger partial charge in [0.15, 0.2) is 0 Å². The van der Waals surface area contributed by atoms with Crippen LogP contribution in [-0.2, 0) is 12.8 Å². The molecule has 1 N–H and O–H groups in total. The van der Waals surface area contributed by atoms with Crippen molar-refractivity contribution in [2.45, 2.75) is 51.1 Å². The van der Waals surface area contributed by atoms with Crippen molar-refractivity contribution in [3.8, 4) is 0 Å². The minimum atomic E-state index is 0.472. The summed E-state index contributed by atoms with van der Waals surface area (Å²) in [5.41, 5.74) is 4.21. The van der Waals surface area contributed by atoms with Gasteiger partial charge in [-0.3, -0.25) is 4.68 Å². The Morgan fingerprint density at radius 3 is 2.86 bits per heavy atom. The van der Waals surface area contributed by atoms with E-state index >= 15 is 0 Å². The molecule has 0 aliphatic heterocycles. The van der Waals surface area contributed by atoms with E-state index in [0.717, 1.165) is 12.8 Å². The van der Waals surface area contributed by atoms with Gasteiger partial charge in [-0.2, -0.15) is 5.10 Å². The van der Waals surface area contributed by atoms with Gasteiger partial charge in [0.2, 0.25) is 0 Å². The van der Waals surface area contributed by atoms with Crippen LogP contribution < -0.4 is 5.32 Å². The van der Waals surface area contributed by atoms with Crippen molar-refractivity contribution < 1.29 is 0 Å². The number of nitrogens with one attached hydrogen (secondary N) is 1. The molecule has 21 heavy (non-hydrogen) atoms. The number of benzene rings is 1. The molecule has 1 aliphatic rings. The van der Waals surface area contributed by atoms with E-state index in [1.807, 2.05) is 0 Å². The van der Waals surface area contributed by atoms with Crippen LogP contribution in [0.4, 0.5) is 0 Å². The normalized spacial score (nSPS) is 19.7. The standard InChI is InChI=1S/C18H25N3/c1-4-13(2)21-10-9-15(20-21)12-18(19-3)17-11-14-7-5-6-8-16(14)17/h5-10,13,17-19H,4,11-12H2,1-3H3. The first-order valence-electron chi connectivity index (χ1n) is 8.02. The molecular formula is C18H25N3. The zero-order valence-electron chi connectivity index (χ0n) is 13.2. The largest absolute Gasteiger partial charge is 0.316 e. The highest BCUT2D eigenvalue weighted by atomic mass is 15.3. The van der Waals surface area contributed by atoms with Crippen LogP contribution in [0, 0.1) is 0 Å². The Kier molecular flexibility index (Phi) is 4.11. The van der Waals surface area contributed by atoms with E-state index in [1.165, 1.54) is 23.2 Å². The van der Waals surface area contributed by atoms with Gasteiger partial charge in [0.05, 0.1) is 5.69 Å². The molecule has 0 spiro atoms. The van der Waals surface area contributed by atoms with Crippen LogP contribution in [0.5, 0.6) is 0 Å². The van der Waals surface area contributed by atoms with Crippen molar-refractivity contribution in [2.75, 3.05) is 7.05 Å². The molecule has 0 radical (unpaired) electrons. The monoisotopic (exact) mass is 283 g/mol. The Hall–Kier alpha value is -1.61. The maximum Gasteiger partial charge on any atom is 0.0640 e. The molecule has 112 valence electrons. The average Bonchev–Trinajstić information content (AvgIpc) is 2.95. The fraction of sp³-hybridized carbons (Fsp3) is 0.500. The molecule has 1 heterocycles. The summed E-state index contributed by atoms with van der Waals surface area (Å²) in [6, 6.07) is 11.9. The quantitative estimate of drug-likeness (QED) is 0.881. The highest BCUT2D eigenvalue weighted by Gasteiger charge is 2.32. The summed E-state index contributed by atoms with van der Waals surface area (Å²) in [4.78, 5) is 0. The summed E-state index contributed by atoms with van der Waals surface area (Å²) in [6.07, 6.45) is 5.42. The first-order valence-corrected chi connectivity index (χ1v) is 8.02. The Bertz CT molecular complexity index is 602. The molecule has 0 bridgehead atoms. The molecule has 0 amide bonds. The van der Waals surface area contributed by atoms with Gasteiger partial charge in [-0.05, 0) is 44.0 Å². The Balaban J connectivity index is 1.70. The van der Waals surface area contributed by atoms with Gasteiger partial charge >= 0.3 is 0 Å². The Labute approximate surface area is 127 Å². The van der Waals surface area contributed by atoms with E-state index in [4.69, 9.17) is 5.10 Å². The van der Waals surface area contributed by atoms with E-state index in [1.54, 1.807) is 0 Å². The van der Waals surface area contributed by atoms with Crippen LogP contribution in [-0.4, -0.2) is 22.9 Å². The summed E-state index contributed by atoms with van der Waals surface area (Å²) >= 11 is 0. The van der Waals surface area contributed by atoms with Crippen molar-refractivity contribution in [1.29, 1.82) is 0 Å². The first-order chi connectivity index (χ1) is 10.2. The van der Waals surface area contributed by atoms with E-state index in [-0.39, 0.29) is 0 Å². The Morgan fingerprint density at radius 2 is 2.14 bits per heavy atom. The molecule has 0 fully saturated rings. The molecule has 0 saturated heterocycles. The molecule has 3 heteroatoms. The number of hydrogen-bond donors (Lipinski definition) is 1. The molecule has 3 nitrogen and oxygen atoms in total. The maximum absolute atomic E-state index is 4.74. The first kappa shape index (κ1) is 14.3. The summed E-state index contributed by atoms with van der Waals surface area (Å²) in [6.45, 7) is 4.42. The Morgan fingerprint density at radius 1 is 1.33 bits per heavy atom. The van der Waals surface area contributed by atoms with Crippen molar-refractivity contribution in [3.05, 3.63) is 53.3 Å². The van der Waals surface area contributed by atoms with Gasteiger partial charge in [-0.1, -0.05) is 31.2 Å². The van der Waals surface area contributed by atoms with Crippen LogP contribution in [0.1, 0.15) is 49.0 Å². The zero-order valence-corrected chi connectivity index (χ0v) is 13.2. The van der Waals surface area contributed by atoms with Gasteiger partial charge in [0, 0.05) is 30.6 Å². The predicted molar refractivity (Wildman–Crippen MR) is 86.7 cm³/mol. The molecule has 1 aliphatic carbocycles. The van der Waals surface area contributed by atoms with Crippen LogP contribution in [0.3, 0.4) is 0 Å². The second-order valence-electron chi connectivity index (χ2n) is 6.15. The maximum atomic E-state index is 4.74. The highest BCUT2D eigenvalue weighted by molar-refractivity contribution is 5.41. The molecular weight excluding hydrogens is 258 g/mol. The summed E-state index contributed by atoms with van der Waals surface area (Å²) in [5.74, 6) is 0.625. The molecule has 3 unspecified atom stereocenters. The zero-order chi connectivity index (χ0) is 14.8. The summed E-state index contributed by atoms with van der Waals surface area (Å²) in [7, 11) is 2.07. The van der Waals surface area contributed by atoms with Gasteiger partial charge in [0.25, 0.3) is 0 Å². The average molecular weight is 283 g/mol. The molecule has 0 saturated carbocycles. The fourth-order valence-corrected chi connectivity index (χ4v) is 3.25. The van der Waals surface area contributed by atoms with E-state index in [9.17, 15) is 0 Å². The van der Waals surface area contributed by atoms with Gasteiger partial charge in [-0.25, -0.2) is 0 Å². The molecule has 3 atom stereocenters. The number of rotatable bonds is 6. The van der Waals surface area contributed by atoms with Crippen molar-refractivity contribution in [3.63, 3.8) is 0 Å². The van der Waals surface area contributed by atoms with Crippen LogP contribution >= 0.6 is 0 Å². The molecule has 1 aromatic carbocycles. The molecule has 3 rings (SSSR count). The molecule has 1 aromatic heterocycles. The SMILES string of the molecule is CCC(C)n1ccc(CC(NC)C2Cc3ccccc32)n1. The van der Waals surface area contributed by atoms with Gasteiger partial charge in [-0.15, -0.1) is 0 Å². The lowest BCUT2D eigenvalue weighted by Gasteiger charge is -2.36. The van der Waals surface area contributed by atoms with Crippen molar-refractivity contribution >= 4 is 0 Å². The second kappa shape index (κ2) is 6.02. The predicted octanol–water partition coefficient (Wildman–Crippen LogP) is 3.32.